The quantitative estimate of drug-likeness (QED) is 0.226. The van der Waals surface area contributed by atoms with E-state index in [-0.39, 0.29) is 42.8 Å². The van der Waals surface area contributed by atoms with Gasteiger partial charge in [-0.15, -0.1) is 24.0 Å². The number of aliphatic imine (C=N–C) groups is 1. The Kier molecular flexibility index (Phi) is 10.8. The van der Waals surface area contributed by atoms with Crippen LogP contribution in [0.25, 0.3) is 0 Å². The molecule has 1 aromatic rings. The summed E-state index contributed by atoms with van der Waals surface area (Å²) in [7, 11) is -1.70. The van der Waals surface area contributed by atoms with Gasteiger partial charge in [0.2, 0.25) is 10.0 Å². The van der Waals surface area contributed by atoms with E-state index in [1.807, 2.05) is 0 Å². The maximum absolute atomic E-state index is 12.3. The number of guanidine groups is 1. The van der Waals surface area contributed by atoms with Crippen molar-refractivity contribution in [1.82, 2.24) is 15.4 Å². The number of benzene rings is 1. The van der Waals surface area contributed by atoms with E-state index < -0.39 is 16.6 Å². The third kappa shape index (κ3) is 9.82. The fourth-order valence-electron chi connectivity index (χ4n) is 1.68. The molecule has 0 aliphatic rings. The Labute approximate surface area is 157 Å². The molecule has 0 radical (unpaired) electrons. The first-order valence-corrected chi connectivity index (χ1v) is 8.63. The van der Waals surface area contributed by atoms with E-state index in [0.717, 1.165) is 6.26 Å². The zero-order chi connectivity index (χ0) is 17.3. The lowest BCUT2D eigenvalue weighted by Gasteiger charge is -2.14. The zero-order valence-electron chi connectivity index (χ0n) is 13.3. The normalized spacial score (nSPS) is 11.8. The van der Waals surface area contributed by atoms with Crippen LogP contribution in [0.15, 0.2) is 29.3 Å². The summed E-state index contributed by atoms with van der Waals surface area (Å²) in [6.07, 6.45) is 1.07. The van der Waals surface area contributed by atoms with Gasteiger partial charge >= 0.3 is 6.61 Å². The molecule has 0 atom stereocenters. The largest absolute Gasteiger partial charge is 0.434 e. The molecule has 3 N–H and O–H groups in total. The van der Waals surface area contributed by atoms with Crippen molar-refractivity contribution in [2.75, 3.05) is 26.4 Å². The van der Waals surface area contributed by atoms with E-state index in [0.29, 0.717) is 18.1 Å². The predicted molar refractivity (Wildman–Crippen MR) is 99.5 cm³/mol. The highest BCUT2D eigenvalue weighted by Crippen LogP contribution is 2.19. The second kappa shape index (κ2) is 11.4. The van der Waals surface area contributed by atoms with Gasteiger partial charge in [0.05, 0.1) is 6.26 Å². The van der Waals surface area contributed by atoms with Gasteiger partial charge < -0.3 is 15.4 Å². The minimum absolute atomic E-state index is 0. The average molecular weight is 478 g/mol. The van der Waals surface area contributed by atoms with Gasteiger partial charge in [-0.3, -0.25) is 4.99 Å². The van der Waals surface area contributed by atoms with Crippen molar-refractivity contribution in [3.8, 4) is 5.75 Å². The second-order valence-corrected chi connectivity index (χ2v) is 6.34. The fourth-order valence-corrected chi connectivity index (χ4v) is 2.15. The van der Waals surface area contributed by atoms with Gasteiger partial charge in [0.15, 0.2) is 5.96 Å². The molecular weight excluding hydrogens is 457 g/mol. The Balaban J connectivity index is 0.00000529. The Morgan fingerprint density at radius 1 is 1.25 bits per heavy atom. The summed E-state index contributed by atoms with van der Waals surface area (Å²) in [5.74, 6) is 0.497. The molecule has 1 aromatic carbocycles. The van der Waals surface area contributed by atoms with Gasteiger partial charge in [-0.1, -0.05) is 18.2 Å². The summed E-state index contributed by atoms with van der Waals surface area (Å²) in [6.45, 7) is -2.15. The predicted octanol–water partition coefficient (Wildman–Crippen LogP) is 1.12. The first kappa shape index (κ1) is 22.8. The molecule has 0 saturated carbocycles. The average Bonchev–Trinajstić information content (AvgIpc) is 2.46. The number of hydrogen-bond acceptors (Lipinski definition) is 4. The third-order valence-corrected chi connectivity index (χ3v) is 3.37. The summed E-state index contributed by atoms with van der Waals surface area (Å²) >= 11 is 0. The molecule has 0 saturated heterocycles. The molecule has 0 unspecified atom stereocenters. The lowest BCUT2D eigenvalue weighted by Crippen LogP contribution is -2.41. The van der Waals surface area contributed by atoms with Gasteiger partial charge in [-0.05, 0) is 6.07 Å². The smallest absolute Gasteiger partial charge is 0.387 e. The van der Waals surface area contributed by atoms with E-state index in [1.165, 1.54) is 6.07 Å². The minimum Gasteiger partial charge on any atom is -0.434 e. The van der Waals surface area contributed by atoms with E-state index >= 15 is 0 Å². The molecule has 0 bridgehead atoms. The van der Waals surface area contributed by atoms with Gasteiger partial charge in [-0.2, -0.15) is 8.78 Å². The van der Waals surface area contributed by atoms with Crippen LogP contribution in [0, 0.1) is 0 Å². The third-order valence-electron chi connectivity index (χ3n) is 2.64. The van der Waals surface area contributed by atoms with Crippen LogP contribution in [0.3, 0.4) is 0 Å². The number of para-hydroxylation sites is 1. The molecule has 0 aliphatic carbocycles. The second-order valence-electron chi connectivity index (χ2n) is 4.51. The summed E-state index contributed by atoms with van der Waals surface area (Å²) in [4.78, 5) is 3.96. The number of halogens is 3. The lowest BCUT2D eigenvalue weighted by molar-refractivity contribution is -0.0504. The van der Waals surface area contributed by atoms with Crippen molar-refractivity contribution in [3.05, 3.63) is 29.8 Å². The number of ether oxygens (including phenoxy) is 1. The highest BCUT2D eigenvalue weighted by atomic mass is 127. The van der Waals surface area contributed by atoms with E-state index in [2.05, 4.69) is 25.1 Å². The van der Waals surface area contributed by atoms with Crippen LogP contribution in [-0.4, -0.2) is 47.4 Å². The van der Waals surface area contributed by atoms with Crippen LogP contribution < -0.4 is 20.1 Å². The van der Waals surface area contributed by atoms with E-state index in [9.17, 15) is 17.2 Å². The van der Waals surface area contributed by atoms with Gasteiger partial charge in [0.1, 0.15) is 5.75 Å². The maximum atomic E-state index is 12.3. The van der Waals surface area contributed by atoms with Crippen molar-refractivity contribution in [2.24, 2.45) is 4.99 Å². The van der Waals surface area contributed by atoms with Crippen LogP contribution in [0.1, 0.15) is 5.56 Å². The van der Waals surface area contributed by atoms with Crippen molar-refractivity contribution < 1.29 is 21.9 Å². The first-order valence-electron chi connectivity index (χ1n) is 6.73. The molecule has 0 fully saturated rings. The summed E-state index contributed by atoms with van der Waals surface area (Å²) in [5, 5.41) is 5.83. The number of sulfonamides is 1. The summed E-state index contributed by atoms with van der Waals surface area (Å²) in [6, 6.07) is 6.42. The van der Waals surface area contributed by atoms with Crippen molar-refractivity contribution >= 4 is 40.0 Å². The Morgan fingerprint density at radius 3 is 2.50 bits per heavy atom. The van der Waals surface area contributed by atoms with Gasteiger partial charge in [-0.25, -0.2) is 13.1 Å². The fraction of sp³-hybridized carbons (Fsp3) is 0.462. The minimum atomic E-state index is -3.24. The molecule has 0 aromatic heterocycles. The van der Waals surface area contributed by atoms with Crippen LogP contribution in [0.2, 0.25) is 0 Å². The van der Waals surface area contributed by atoms with Crippen LogP contribution >= 0.6 is 24.0 Å². The lowest BCUT2D eigenvalue weighted by atomic mass is 10.2. The zero-order valence-corrected chi connectivity index (χ0v) is 16.4. The summed E-state index contributed by atoms with van der Waals surface area (Å²) < 4.78 is 53.3. The molecule has 11 heteroatoms. The molecule has 1 rings (SSSR count). The number of alkyl halides is 2. The molecule has 138 valence electrons. The highest BCUT2D eigenvalue weighted by Gasteiger charge is 2.09. The molecule has 0 amide bonds. The van der Waals surface area contributed by atoms with Crippen LogP contribution in [0.4, 0.5) is 8.78 Å². The number of nitrogens with one attached hydrogen (secondary N) is 3. The molecular formula is C13H21F2IN4O3S. The topological polar surface area (TPSA) is 91.8 Å². The van der Waals surface area contributed by atoms with Crippen molar-refractivity contribution in [1.29, 1.82) is 0 Å². The molecule has 7 nitrogen and oxygen atoms in total. The molecule has 0 spiro atoms. The molecule has 24 heavy (non-hydrogen) atoms. The first-order chi connectivity index (χ1) is 10.8. The Hall–Kier alpha value is -1.21. The van der Waals surface area contributed by atoms with Gasteiger partial charge in [0, 0.05) is 32.2 Å². The van der Waals surface area contributed by atoms with Crippen LogP contribution in [-0.2, 0) is 16.6 Å². The molecule has 0 heterocycles. The van der Waals surface area contributed by atoms with Gasteiger partial charge in [0.25, 0.3) is 0 Å². The maximum Gasteiger partial charge on any atom is 0.387 e. The Bertz CT molecular complexity index is 629. The number of hydrogen-bond donors (Lipinski definition) is 3. The number of rotatable bonds is 8. The van der Waals surface area contributed by atoms with Crippen molar-refractivity contribution in [2.45, 2.75) is 13.2 Å². The monoisotopic (exact) mass is 478 g/mol. The van der Waals surface area contributed by atoms with E-state index in [1.54, 1.807) is 25.2 Å². The molecule has 0 aliphatic heterocycles. The van der Waals surface area contributed by atoms with Crippen molar-refractivity contribution in [3.63, 3.8) is 0 Å². The standard InChI is InChI=1S/C13H20F2N4O3S.HI/c1-16-13(17-7-8-19-23(2,20)21)18-9-10-5-3-4-6-11(10)22-12(14)15;/h3-6,12,19H,7-9H2,1-2H3,(H2,16,17,18);1H. The van der Waals surface area contributed by atoms with Crippen LogP contribution in [0.5, 0.6) is 5.75 Å². The summed E-state index contributed by atoms with van der Waals surface area (Å²) in [5.41, 5.74) is 0.546. The Morgan fingerprint density at radius 2 is 1.92 bits per heavy atom. The van der Waals surface area contributed by atoms with E-state index in [4.69, 9.17) is 0 Å². The SMILES string of the molecule is CN=C(NCCNS(C)(=O)=O)NCc1ccccc1OC(F)F.I. The highest BCUT2D eigenvalue weighted by molar-refractivity contribution is 14.0. The number of nitrogens with zero attached hydrogens (tertiary/aromatic N) is 1.